The molecule has 0 bridgehead atoms. The summed E-state index contributed by atoms with van der Waals surface area (Å²) in [5.74, 6) is 3.21. The van der Waals surface area contributed by atoms with E-state index in [-0.39, 0.29) is 35.1 Å². The van der Waals surface area contributed by atoms with Crippen LogP contribution in [0.15, 0.2) is 48.8 Å². The number of rotatable bonds is 14. The van der Waals surface area contributed by atoms with Crippen molar-refractivity contribution >= 4 is 24.0 Å². The molecular formula is C47H60N8O7. The summed E-state index contributed by atoms with van der Waals surface area (Å²) in [6, 6.07) is 11.1. The van der Waals surface area contributed by atoms with Crippen molar-refractivity contribution in [1.82, 2.24) is 40.8 Å². The Balaban J connectivity index is 0.889. The number of H-pyrrole nitrogens is 2. The molecule has 3 atom stereocenters. The van der Waals surface area contributed by atoms with E-state index < -0.39 is 24.3 Å². The van der Waals surface area contributed by atoms with E-state index in [9.17, 15) is 19.2 Å². The highest BCUT2D eigenvalue weighted by molar-refractivity contribution is 5.87. The van der Waals surface area contributed by atoms with E-state index in [1.807, 2.05) is 29.4 Å². The smallest absolute Gasteiger partial charge is 0.407 e. The number of aromatic amines is 2. The minimum absolute atomic E-state index is 0.0687. The van der Waals surface area contributed by atoms with Gasteiger partial charge in [-0.3, -0.25) is 9.59 Å². The fourth-order valence-electron chi connectivity index (χ4n) is 10.1. The molecule has 2 aliphatic heterocycles. The Morgan fingerprint density at radius 2 is 1.42 bits per heavy atom. The summed E-state index contributed by atoms with van der Waals surface area (Å²) in [5.41, 5.74) is 5.48. The van der Waals surface area contributed by atoms with Crippen LogP contribution in [0.2, 0.25) is 0 Å². The molecule has 330 valence electrons. The summed E-state index contributed by atoms with van der Waals surface area (Å²) in [6.07, 6.45) is 14.4. The Kier molecular flexibility index (Phi) is 12.9. The molecular weight excluding hydrogens is 789 g/mol. The van der Waals surface area contributed by atoms with Crippen LogP contribution in [0.1, 0.15) is 120 Å². The number of hydrogen-bond donors (Lipinski definition) is 5. The monoisotopic (exact) mass is 848 g/mol. The number of aromatic nitrogens is 4. The van der Waals surface area contributed by atoms with Crippen molar-refractivity contribution in [1.29, 1.82) is 0 Å². The second kappa shape index (κ2) is 18.6. The highest BCUT2D eigenvalue weighted by atomic mass is 16.5. The molecule has 4 heterocycles. The molecule has 15 heteroatoms. The third-order valence-corrected chi connectivity index (χ3v) is 13.6. The summed E-state index contributed by atoms with van der Waals surface area (Å²) in [6.45, 7) is 5.55. The molecule has 1 saturated heterocycles. The molecule has 2 aromatic heterocycles. The number of methoxy groups -OCH3 is 2. The molecule has 62 heavy (non-hydrogen) atoms. The average molecular weight is 849 g/mol. The van der Waals surface area contributed by atoms with E-state index >= 15 is 0 Å². The number of unbranched alkanes of at least 4 members (excludes halogenated alkanes) is 1. The molecule has 0 spiro atoms. The van der Waals surface area contributed by atoms with Gasteiger partial charge in [0.1, 0.15) is 35.2 Å². The summed E-state index contributed by atoms with van der Waals surface area (Å²) in [4.78, 5) is 69.5. The zero-order chi connectivity index (χ0) is 43.4. The van der Waals surface area contributed by atoms with Gasteiger partial charge < -0.3 is 45.0 Å². The van der Waals surface area contributed by atoms with Crippen LogP contribution in [0.25, 0.3) is 22.5 Å². The minimum atomic E-state index is -0.608. The van der Waals surface area contributed by atoms with Gasteiger partial charge in [-0.2, -0.15) is 0 Å². The number of imidazole rings is 2. The third-order valence-electron chi connectivity index (χ3n) is 13.6. The van der Waals surface area contributed by atoms with Gasteiger partial charge in [0.15, 0.2) is 0 Å². The summed E-state index contributed by atoms with van der Waals surface area (Å²) in [5, 5.41) is 8.60. The van der Waals surface area contributed by atoms with Crippen LogP contribution in [0.3, 0.4) is 0 Å². The Bertz CT molecular complexity index is 2250. The lowest BCUT2D eigenvalue weighted by molar-refractivity contribution is -0.135. The lowest BCUT2D eigenvalue weighted by Crippen LogP contribution is -2.51. The predicted octanol–water partition coefficient (Wildman–Crippen LogP) is 7.83. The number of hydrogen-bond acceptors (Lipinski definition) is 9. The molecule has 0 radical (unpaired) electrons. The molecule has 8 rings (SSSR count). The standard InChI is InChI=1S/C47H60N8O7/c1-47(2)32-20-18-31(34-26-49-39(51-34)17-9-10-22-48-43(56)40(53-45(58)60-3)28-12-5-6-13-28)25-38(32)62-37-21-19-30(24-33(37)47)35-27-50-42(52-35)36-16-11-23-55(36)44(57)41(54-46(59)61-4)29-14-7-8-15-29/h18-21,24-29,36,40-41H,5-17,22-23H2,1-4H3,(H,48,56)(H,49,51)(H,50,52)(H,53,58)(H,54,59). The lowest BCUT2D eigenvalue weighted by Gasteiger charge is -2.35. The van der Waals surface area contributed by atoms with E-state index in [1.54, 1.807) is 0 Å². The van der Waals surface area contributed by atoms with Gasteiger partial charge >= 0.3 is 12.2 Å². The van der Waals surface area contributed by atoms with Crippen LogP contribution in [0.4, 0.5) is 9.59 Å². The van der Waals surface area contributed by atoms with Gasteiger partial charge in [-0.15, -0.1) is 0 Å². The first-order valence-electron chi connectivity index (χ1n) is 22.4. The molecule has 3 unspecified atom stereocenters. The number of aryl methyl sites for hydroxylation is 1. The number of fused-ring (bicyclic) bond motifs is 2. The molecule has 3 fully saturated rings. The zero-order valence-corrected chi connectivity index (χ0v) is 36.3. The zero-order valence-electron chi connectivity index (χ0n) is 36.3. The van der Waals surface area contributed by atoms with Crippen molar-refractivity contribution in [2.24, 2.45) is 11.8 Å². The van der Waals surface area contributed by atoms with Gasteiger partial charge in [0, 0.05) is 47.2 Å². The maximum absolute atomic E-state index is 14.0. The number of ether oxygens (including phenoxy) is 3. The molecule has 2 saturated carbocycles. The molecule has 4 amide bonds. The Morgan fingerprint density at radius 1 is 0.774 bits per heavy atom. The molecule has 5 N–H and O–H groups in total. The first-order valence-corrected chi connectivity index (χ1v) is 22.4. The van der Waals surface area contributed by atoms with Gasteiger partial charge in [0.05, 0.1) is 44.0 Å². The van der Waals surface area contributed by atoms with Gasteiger partial charge in [-0.05, 0) is 87.5 Å². The molecule has 4 aromatic rings. The maximum atomic E-state index is 14.0. The number of carbonyl (C=O) groups is 4. The van der Waals surface area contributed by atoms with Crippen LogP contribution < -0.4 is 20.7 Å². The number of likely N-dealkylation sites (tertiary alicyclic amines) is 1. The number of benzene rings is 2. The fourth-order valence-corrected chi connectivity index (χ4v) is 10.1. The molecule has 2 aromatic carbocycles. The number of nitrogens with zero attached hydrogens (tertiary/aromatic N) is 3. The van der Waals surface area contributed by atoms with Crippen molar-refractivity contribution in [3.63, 3.8) is 0 Å². The number of alkyl carbamates (subject to hydrolysis) is 2. The number of nitrogens with one attached hydrogen (secondary N) is 5. The molecule has 15 nitrogen and oxygen atoms in total. The van der Waals surface area contributed by atoms with E-state index in [2.05, 4.69) is 69.0 Å². The fraction of sp³-hybridized carbons (Fsp3) is 0.532. The second-order valence-corrected chi connectivity index (χ2v) is 17.8. The van der Waals surface area contributed by atoms with Crippen molar-refractivity contribution in [3.05, 3.63) is 71.6 Å². The van der Waals surface area contributed by atoms with E-state index in [0.29, 0.717) is 13.1 Å². The van der Waals surface area contributed by atoms with Crippen LogP contribution in [0.5, 0.6) is 11.5 Å². The first-order chi connectivity index (χ1) is 30.0. The van der Waals surface area contributed by atoms with Gasteiger partial charge in [-0.1, -0.05) is 51.7 Å². The number of carbonyl (C=O) groups excluding carboxylic acids is 4. The Labute approximate surface area is 362 Å². The molecule has 2 aliphatic carbocycles. The van der Waals surface area contributed by atoms with Crippen LogP contribution >= 0.6 is 0 Å². The SMILES string of the molecule is COC(=O)NC(C(=O)NCCCCc1ncc(-c2ccc3c(c2)Oc2ccc(-c4cnc(C5CCCN5C(=O)C(NC(=O)OC)C5CCCC5)[nH]4)cc2C3(C)C)[nH]1)C1CCCC1. The average Bonchev–Trinajstić information content (AvgIpc) is 4.14. The highest BCUT2D eigenvalue weighted by Gasteiger charge is 2.41. The topological polar surface area (TPSA) is 193 Å². The van der Waals surface area contributed by atoms with Crippen LogP contribution in [0, 0.1) is 11.8 Å². The second-order valence-electron chi connectivity index (χ2n) is 17.8. The van der Waals surface area contributed by atoms with Crippen molar-refractivity contribution in [2.45, 2.75) is 121 Å². The van der Waals surface area contributed by atoms with Crippen LogP contribution in [-0.4, -0.2) is 88.2 Å². The maximum Gasteiger partial charge on any atom is 0.407 e. The van der Waals surface area contributed by atoms with E-state index in [4.69, 9.17) is 19.2 Å². The van der Waals surface area contributed by atoms with Crippen molar-refractivity contribution < 1.29 is 33.4 Å². The normalized spacial score (nSPS) is 19.2. The quantitative estimate of drug-likeness (QED) is 0.0787. The highest BCUT2D eigenvalue weighted by Crippen LogP contribution is 2.50. The van der Waals surface area contributed by atoms with Crippen molar-refractivity contribution in [2.75, 3.05) is 27.3 Å². The molecule has 4 aliphatic rings. The lowest BCUT2D eigenvalue weighted by atomic mass is 9.75. The van der Waals surface area contributed by atoms with Gasteiger partial charge in [0.25, 0.3) is 0 Å². The van der Waals surface area contributed by atoms with E-state index in [1.165, 1.54) is 14.2 Å². The Morgan fingerprint density at radius 3 is 2.15 bits per heavy atom. The Hall–Kier alpha value is -5.86. The van der Waals surface area contributed by atoms with E-state index in [0.717, 1.165) is 140 Å². The summed E-state index contributed by atoms with van der Waals surface area (Å²) in [7, 11) is 2.64. The van der Waals surface area contributed by atoms with Crippen molar-refractivity contribution in [3.8, 4) is 34.0 Å². The summed E-state index contributed by atoms with van der Waals surface area (Å²) >= 11 is 0. The van der Waals surface area contributed by atoms with Gasteiger partial charge in [-0.25, -0.2) is 19.6 Å². The largest absolute Gasteiger partial charge is 0.457 e. The van der Waals surface area contributed by atoms with Gasteiger partial charge in [0.2, 0.25) is 11.8 Å². The van der Waals surface area contributed by atoms with Crippen LogP contribution in [-0.2, 0) is 30.9 Å². The minimum Gasteiger partial charge on any atom is -0.457 e. The number of amides is 4. The first kappa shape index (κ1) is 42.8. The predicted molar refractivity (Wildman–Crippen MR) is 232 cm³/mol. The third kappa shape index (κ3) is 9.03. The summed E-state index contributed by atoms with van der Waals surface area (Å²) < 4.78 is 16.2.